The van der Waals surface area contributed by atoms with Gasteiger partial charge in [0, 0.05) is 6.54 Å². The van der Waals surface area contributed by atoms with Crippen LogP contribution < -0.4 is 20.3 Å². The minimum absolute atomic E-state index is 0.224. The summed E-state index contributed by atoms with van der Waals surface area (Å²) in [5.41, 5.74) is 9.17. The number of hydrogen-bond acceptors (Lipinski definition) is 6. The number of pyridine rings is 1. The van der Waals surface area contributed by atoms with Gasteiger partial charge in [0.05, 0.1) is 23.9 Å². The van der Waals surface area contributed by atoms with Crippen molar-refractivity contribution in [3.63, 3.8) is 0 Å². The number of hydrazine groups is 1. The number of aromatic nitrogens is 1. The Labute approximate surface area is 151 Å². The van der Waals surface area contributed by atoms with Crippen LogP contribution >= 0.6 is 0 Å². The van der Waals surface area contributed by atoms with Crippen molar-refractivity contribution < 1.29 is 19.4 Å². The average molecular weight is 355 g/mol. The number of aliphatic carboxylic acids is 1. The first-order valence-corrected chi connectivity index (χ1v) is 8.73. The SMILES string of the molecule is O=C(O)C1COc2ccc(COc3ccc(C4CCNN4)nc3)cc2C1. The van der Waals surface area contributed by atoms with Gasteiger partial charge in [0.2, 0.25) is 0 Å². The standard InChI is InChI=1S/C19H21N3O4/c23-19(24)14-8-13-7-12(1-4-18(13)26-11-14)10-25-15-2-3-16(20-9-15)17-5-6-21-22-17/h1-4,7,9,14,17,21-22H,5-6,8,10-11H2,(H,23,24). The van der Waals surface area contributed by atoms with Crippen LogP contribution in [-0.2, 0) is 17.8 Å². The van der Waals surface area contributed by atoms with Gasteiger partial charge in [-0.1, -0.05) is 6.07 Å². The van der Waals surface area contributed by atoms with Crippen LogP contribution in [0.15, 0.2) is 36.5 Å². The van der Waals surface area contributed by atoms with E-state index in [4.69, 9.17) is 14.6 Å². The zero-order valence-corrected chi connectivity index (χ0v) is 14.3. The molecular weight excluding hydrogens is 334 g/mol. The molecule has 0 bridgehead atoms. The van der Waals surface area contributed by atoms with Crippen molar-refractivity contribution in [3.05, 3.63) is 53.3 Å². The maximum atomic E-state index is 11.2. The van der Waals surface area contributed by atoms with Gasteiger partial charge in [0.25, 0.3) is 0 Å². The lowest BCUT2D eigenvalue weighted by molar-refractivity contribution is -0.143. The smallest absolute Gasteiger partial charge is 0.310 e. The molecule has 0 aliphatic carbocycles. The number of rotatable bonds is 5. The molecule has 7 nitrogen and oxygen atoms in total. The molecule has 2 aliphatic heterocycles. The van der Waals surface area contributed by atoms with Crippen molar-refractivity contribution >= 4 is 5.97 Å². The Kier molecular flexibility index (Phi) is 4.73. The van der Waals surface area contributed by atoms with E-state index in [2.05, 4.69) is 15.8 Å². The highest BCUT2D eigenvalue weighted by Gasteiger charge is 2.25. The van der Waals surface area contributed by atoms with Crippen LogP contribution in [-0.4, -0.2) is 29.2 Å². The third kappa shape index (κ3) is 3.63. The van der Waals surface area contributed by atoms with Crippen LogP contribution in [0.25, 0.3) is 0 Å². The number of nitrogens with one attached hydrogen (secondary N) is 2. The summed E-state index contributed by atoms with van der Waals surface area (Å²) >= 11 is 0. The molecule has 3 heterocycles. The van der Waals surface area contributed by atoms with Crippen molar-refractivity contribution in [2.75, 3.05) is 13.2 Å². The molecule has 1 aromatic heterocycles. The maximum absolute atomic E-state index is 11.2. The van der Waals surface area contributed by atoms with Gasteiger partial charge in [-0.3, -0.25) is 15.2 Å². The average Bonchev–Trinajstić information content (AvgIpc) is 3.21. The Balaban J connectivity index is 1.39. The molecule has 0 amide bonds. The van der Waals surface area contributed by atoms with E-state index in [-0.39, 0.29) is 12.6 Å². The van der Waals surface area contributed by atoms with Crippen LogP contribution in [0.4, 0.5) is 0 Å². The highest BCUT2D eigenvalue weighted by atomic mass is 16.5. The van der Waals surface area contributed by atoms with Gasteiger partial charge < -0.3 is 14.6 Å². The lowest BCUT2D eigenvalue weighted by Gasteiger charge is -2.23. The largest absolute Gasteiger partial charge is 0.492 e. The van der Waals surface area contributed by atoms with Gasteiger partial charge in [-0.25, -0.2) is 5.43 Å². The second-order valence-electron chi connectivity index (χ2n) is 6.61. The molecule has 136 valence electrons. The molecule has 0 saturated carbocycles. The summed E-state index contributed by atoms with van der Waals surface area (Å²) in [4.78, 5) is 15.6. The van der Waals surface area contributed by atoms with Gasteiger partial charge in [-0.2, -0.15) is 0 Å². The predicted octanol–water partition coefficient (Wildman–Crippen LogP) is 1.84. The molecule has 0 radical (unpaired) electrons. The highest BCUT2D eigenvalue weighted by Crippen LogP contribution is 2.29. The summed E-state index contributed by atoms with van der Waals surface area (Å²) in [5, 5.41) is 9.17. The van der Waals surface area contributed by atoms with Gasteiger partial charge in [0.15, 0.2) is 0 Å². The molecule has 1 saturated heterocycles. The van der Waals surface area contributed by atoms with Gasteiger partial charge >= 0.3 is 5.97 Å². The second-order valence-corrected chi connectivity index (χ2v) is 6.61. The molecule has 2 atom stereocenters. The first-order valence-electron chi connectivity index (χ1n) is 8.73. The van der Waals surface area contributed by atoms with Crippen LogP contribution in [0.1, 0.15) is 29.3 Å². The van der Waals surface area contributed by atoms with E-state index in [1.165, 1.54) is 0 Å². The molecule has 2 aliphatic rings. The van der Waals surface area contributed by atoms with Gasteiger partial charge in [0.1, 0.15) is 24.7 Å². The van der Waals surface area contributed by atoms with Crippen molar-refractivity contribution in [2.24, 2.45) is 5.92 Å². The summed E-state index contributed by atoms with van der Waals surface area (Å²) in [7, 11) is 0. The molecular formula is C19H21N3O4. The summed E-state index contributed by atoms with van der Waals surface area (Å²) in [6, 6.07) is 9.91. The Morgan fingerprint density at radius 2 is 2.27 bits per heavy atom. The number of carboxylic acids is 1. The summed E-state index contributed by atoms with van der Waals surface area (Å²) in [5.74, 6) is 0.150. The Morgan fingerprint density at radius 1 is 1.35 bits per heavy atom. The van der Waals surface area contributed by atoms with Crippen molar-refractivity contribution in [1.29, 1.82) is 0 Å². The topological polar surface area (TPSA) is 92.7 Å². The molecule has 0 spiro atoms. The van der Waals surface area contributed by atoms with Crippen molar-refractivity contribution in [2.45, 2.75) is 25.5 Å². The fourth-order valence-corrected chi connectivity index (χ4v) is 3.25. The highest BCUT2D eigenvalue weighted by molar-refractivity contribution is 5.71. The summed E-state index contributed by atoms with van der Waals surface area (Å²) in [6.07, 6.45) is 3.23. The predicted molar refractivity (Wildman–Crippen MR) is 93.8 cm³/mol. The van der Waals surface area contributed by atoms with Crippen LogP contribution in [0.3, 0.4) is 0 Å². The zero-order chi connectivity index (χ0) is 17.9. The molecule has 2 unspecified atom stereocenters. The number of fused-ring (bicyclic) bond motifs is 1. The minimum Gasteiger partial charge on any atom is -0.492 e. The molecule has 1 aromatic carbocycles. The monoisotopic (exact) mass is 355 g/mol. The van der Waals surface area contributed by atoms with Crippen LogP contribution in [0.2, 0.25) is 0 Å². The Hall–Kier alpha value is -2.64. The first-order chi connectivity index (χ1) is 12.7. The third-order valence-electron chi connectivity index (χ3n) is 4.74. The summed E-state index contributed by atoms with van der Waals surface area (Å²) < 4.78 is 11.4. The van der Waals surface area contributed by atoms with E-state index in [0.29, 0.717) is 18.8 Å². The maximum Gasteiger partial charge on any atom is 0.310 e. The normalized spacial score (nSPS) is 21.7. The quantitative estimate of drug-likeness (QED) is 0.753. The molecule has 26 heavy (non-hydrogen) atoms. The van der Waals surface area contributed by atoms with Crippen LogP contribution in [0, 0.1) is 5.92 Å². The number of carbonyl (C=O) groups is 1. The Morgan fingerprint density at radius 3 is 3.00 bits per heavy atom. The van der Waals surface area contributed by atoms with Crippen molar-refractivity contribution in [1.82, 2.24) is 15.8 Å². The van der Waals surface area contributed by atoms with E-state index in [1.807, 2.05) is 30.3 Å². The van der Waals surface area contributed by atoms with Gasteiger partial charge in [-0.05, 0) is 48.2 Å². The number of ether oxygens (including phenoxy) is 2. The van der Waals surface area contributed by atoms with Gasteiger partial charge in [-0.15, -0.1) is 0 Å². The number of carboxylic acid groups (broad SMARTS) is 1. The molecule has 3 N–H and O–H groups in total. The molecule has 4 rings (SSSR count). The fourth-order valence-electron chi connectivity index (χ4n) is 3.25. The molecule has 1 fully saturated rings. The number of nitrogens with zero attached hydrogens (tertiary/aromatic N) is 1. The third-order valence-corrected chi connectivity index (χ3v) is 4.74. The molecule has 7 heteroatoms. The van der Waals surface area contributed by atoms with E-state index in [9.17, 15) is 4.79 Å². The first kappa shape index (κ1) is 16.8. The van der Waals surface area contributed by atoms with E-state index < -0.39 is 11.9 Å². The van der Waals surface area contributed by atoms with E-state index in [1.54, 1.807) is 6.20 Å². The number of benzene rings is 1. The number of hydrogen-bond donors (Lipinski definition) is 3. The zero-order valence-electron chi connectivity index (χ0n) is 14.3. The lowest BCUT2D eigenvalue weighted by atomic mass is 9.95. The molecule has 2 aromatic rings. The second kappa shape index (κ2) is 7.31. The van der Waals surface area contributed by atoms with Crippen LogP contribution in [0.5, 0.6) is 11.5 Å². The van der Waals surface area contributed by atoms with Crippen molar-refractivity contribution in [3.8, 4) is 11.5 Å². The Bertz CT molecular complexity index is 788. The summed E-state index contributed by atoms with van der Waals surface area (Å²) in [6.45, 7) is 1.56. The lowest BCUT2D eigenvalue weighted by Crippen LogP contribution is -2.27. The fraction of sp³-hybridized carbons (Fsp3) is 0.368. The minimum atomic E-state index is -0.824. The van der Waals surface area contributed by atoms with E-state index in [0.717, 1.165) is 35.5 Å². The van der Waals surface area contributed by atoms with E-state index >= 15 is 0 Å².